The van der Waals surface area contributed by atoms with Gasteiger partial charge in [-0.3, -0.25) is 4.79 Å². The third-order valence-electron chi connectivity index (χ3n) is 2.00. The van der Waals surface area contributed by atoms with Gasteiger partial charge in [-0.15, -0.1) is 0 Å². The summed E-state index contributed by atoms with van der Waals surface area (Å²) in [6, 6.07) is 8.00. The van der Waals surface area contributed by atoms with Crippen LogP contribution in [0.1, 0.15) is 6.92 Å². The Morgan fingerprint density at radius 3 is 2.75 bits per heavy atom. The van der Waals surface area contributed by atoms with Crippen LogP contribution in [0.15, 0.2) is 30.5 Å². The van der Waals surface area contributed by atoms with Gasteiger partial charge in [-0.2, -0.15) is 0 Å². The smallest absolute Gasteiger partial charge is 0.293 e. The molecule has 86 valence electrons. The Kier molecular flexibility index (Phi) is 4.92. The Labute approximate surface area is 94.2 Å². The molecule has 0 aliphatic heterocycles. The molecule has 0 bridgehead atoms. The lowest BCUT2D eigenvalue weighted by Crippen LogP contribution is -1.80. The number of rotatable bonds is 3. The summed E-state index contributed by atoms with van der Waals surface area (Å²) in [5, 5.41) is 1.21. The van der Waals surface area contributed by atoms with Gasteiger partial charge >= 0.3 is 0 Å². The average molecular weight is 221 g/mol. The summed E-state index contributed by atoms with van der Waals surface area (Å²) in [5.41, 5.74) is 1.12. The molecule has 1 heterocycles. The molecule has 0 saturated carbocycles. The number of methoxy groups -OCH3 is 1. The Morgan fingerprint density at radius 2 is 2.19 bits per heavy atom. The van der Waals surface area contributed by atoms with Gasteiger partial charge in [0.05, 0.1) is 13.7 Å². The molecule has 0 amide bonds. The molecule has 1 aromatic heterocycles. The van der Waals surface area contributed by atoms with Gasteiger partial charge in [0.15, 0.2) is 0 Å². The fourth-order valence-electron chi connectivity index (χ4n) is 1.22. The SMILES string of the molecule is CCOC=O.COc1ccc2cc[nH]c2c1. The normalized spacial score (nSPS) is 9.12. The lowest BCUT2D eigenvalue weighted by Gasteiger charge is -1.97. The van der Waals surface area contributed by atoms with Crippen LogP contribution in [-0.4, -0.2) is 25.2 Å². The number of benzene rings is 1. The Hall–Kier alpha value is -1.97. The van der Waals surface area contributed by atoms with Crippen molar-refractivity contribution in [1.82, 2.24) is 4.98 Å². The standard InChI is InChI=1S/C9H9NO.C3H6O2/c1-11-8-3-2-7-4-5-10-9(7)6-8;1-2-5-3-4/h2-6,10H,1H3;3H,2H2,1H3. The van der Waals surface area contributed by atoms with Crippen LogP contribution in [0, 0.1) is 0 Å². The molecule has 0 saturated heterocycles. The predicted molar refractivity (Wildman–Crippen MR) is 62.5 cm³/mol. The second-order valence-electron chi connectivity index (χ2n) is 2.98. The molecule has 0 aliphatic rings. The maximum atomic E-state index is 9.18. The first-order valence-electron chi connectivity index (χ1n) is 4.98. The molecule has 4 heteroatoms. The summed E-state index contributed by atoms with van der Waals surface area (Å²) in [5.74, 6) is 0.889. The number of carbonyl (C=O) groups is 1. The van der Waals surface area contributed by atoms with E-state index in [1.807, 2.05) is 30.5 Å². The molecule has 0 unspecified atom stereocenters. The van der Waals surface area contributed by atoms with Crippen LogP contribution in [0.5, 0.6) is 5.75 Å². The largest absolute Gasteiger partial charge is 0.497 e. The van der Waals surface area contributed by atoms with Crippen molar-refractivity contribution in [2.45, 2.75) is 6.92 Å². The molecule has 2 rings (SSSR count). The number of H-pyrrole nitrogens is 1. The zero-order valence-electron chi connectivity index (χ0n) is 9.40. The van der Waals surface area contributed by atoms with Gasteiger partial charge in [0.1, 0.15) is 5.75 Å². The molecule has 16 heavy (non-hydrogen) atoms. The highest BCUT2D eigenvalue weighted by molar-refractivity contribution is 5.80. The lowest BCUT2D eigenvalue weighted by atomic mass is 10.2. The third kappa shape index (κ3) is 3.31. The minimum atomic E-state index is 0.431. The minimum absolute atomic E-state index is 0.431. The molecular weight excluding hydrogens is 206 g/mol. The lowest BCUT2D eigenvalue weighted by molar-refractivity contribution is -0.128. The van der Waals surface area contributed by atoms with E-state index in [1.54, 1.807) is 14.0 Å². The number of fused-ring (bicyclic) bond motifs is 1. The summed E-state index contributed by atoms with van der Waals surface area (Å²) < 4.78 is 9.22. The molecule has 0 radical (unpaired) electrons. The van der Waals surface area contributed by atoms with E-state index in [2.05, 4.69) is 9.72 Å². The molecule has 0 spiro atoms. The van der Waals surface area contributed by atoms with Crippen LogP contribution in [0.2, 0.25) is 0 Å². The van der Waals surface area contributed by atoms with Gasteiger partial charge in [-0.25, -0.2) is 0 Å². The van der Waals surface area contributed by atoms with Crippen LogP contribution in [0.25, 0.3) is 10.9 Å². The van der Waals surface area contributed by atoms with E-state index in [1.165, 1.54) is 5.39 Å². The highest BCUT2D eigenvalue weighted by Crippen LogP contribution is 2.18. The maximum Gasteiger partial charge on any atom is 0.293 e. The van der Waals surface area contributed by atoms with E-state index in [4.69, 9.17) is 4.74 Å². The van der Waals surface area contributed by atoms with E-state index in [0.29, 0.717) is 13.1 Å². The van der Waals surface area contributed by atoms with Crippen molar-refractivity contribution < 1.29 is 14.3 Å². The number of hydrogen-bond acceptors (Lipinski definition) is 3. The van der Waals surface area contributed by atoms with Crippen molar-refractivity contribution in [3.8, 4) is 5.75 Å². The quantitative estimate of drug-likeness (QED) is 0.809. The van der Waals surface area contributed by atoms with Crippen LogP contribution >= 0.6 is 0 Å². The van der Waals surface area contributed by atoms with Crippen molar-refractivity contribution in [3.05, 3.63) is 30.5 Å². The number of hydrogen-bond donors (Lipinski definition) is 1. The molecule has 2 aromatic rings. The second kappa shape index (κ2) is 6.50. The number of carbonyl (C=O) groups excluding carboxylic acids is 1. The average Bonchev–Trinajstić information content (AvgIpc) is 2.77. The molecule has 0 aliphatic carbocycles. The highest BCUT2D eigenvalue weighted by atomic mass is 16.5. The molecule has 4 nitrogen and oxygen atoms in total. The molecule has 0 fully saturated rings. The maximum absolute atomic E-state index is 9.18. The van der Waals surface area contributed by atoms with E-state index in [0.717, 1.165) is 11.3 Å². The van der Waals surface area contributed by atoms with Gasteiger partial charge in [0, 0.05) is 17.8 Å². The van der Waals surface area contributed by atoms with Crippen LogP contribution < -0.4 is 4.74 Å². The fraction of sp³-hybridized carbons (Fsp3) is 0.250. The molecule has 0 atom stereocenters. The van der Waals surface area contributed by atoms with Gasteiger partial charge < -0.3 is 14.5 Å². The van der Waals surface area contributed by atoms with Gasteiger partial charge in [-0.05, 0) is 30.5 Å². The minimum Gasteiger partial charge on any atom is -0.497 e. The van der Waals surface area contributed by atoms with Gasteiger partial charge in [0.2, 0.25) is 0 Å². The number of aromatic nitrogens is 1. The topological polar surface area (TPSA) is 51.3 Å². The number of ether oxygens (including phenoxy) is 2. The summed E-state index contributed by atoms with van der Waals surface area (Å²) in [6.45, 7) is 2.66. The molecule has 1 N–H and O–H groups in total. The van der Waals surface area contributed by atoms with E-state index in [-0.39, 0.29) is 0 Å². The van der Waals surface area contributed by atoms with Crippen molar-refractivity contribution in [1.29, 1.82) is 0 Å². The van der Waals surface area contributed by atoms with Crippen LogP contribution in [0.4, 0.5) is 0 Å². The van der Waals surface area contributed by atoms with Crippen LogP contribution in [-0.2, 0) is 9.53 Å². The van der Waals surface area contributed by atoms with Crippen LogP contribution in [0.3, 0.4) is 0 Å². The van der Waals surface area contributed by atoms with Crippen molar-refractivity contribution >= 4 is 17.4 Å². The Bertz CT molecular complexity index is 437. The fourth-order valence-corrected chi connectivity index (χ4v) is 1.22. The van der Waals surface area contributed by atoms with E-state index >= 15 is 0 Å². The van der Waals surface area contributed by atoms with E-state index < -0.39 is 0 Å². The zero-order valence-corrected chi connectivity index (χ0v) is 9.40. The van der Waals surface area contributed by atoms with E-state index in [9.17, 15) is 4.79 Å². The molecule has 1 aromatic carbocycles. The van der Waals surface area contributed by atoms with Crippen molar-refractivity contribution in [2.24, 2.45) is 0 Å². The van der Waals surface area contributed by atoms with Gasteiger partial charge in [-0.1, -0.05) is 0 Å². The Balaban J connectivity index is 0.000000221. The summed E-state index contributed by atoms with van der Waals surface area (Å²) in [6.07, 6.45) is 1.92. The monoisotopic (exact) mass is 221 g/mol. The number of aromatic amines is 1. The Morgan fingerprint density at radius 1 is 1.38 bits per heavy atom. The third-order valence-corrected chi connectivity index (χ3v) is 2.00. The number of nitrogens with one attached hydrogen (secondary N) is 1. The van der Waals surface area contributed by atoms with Crippen molar-refractivity contribution in [2.75, 3.05) is 13.7 Å². The predicted octanol–water partition coefficient (Wildman–Crippen LogP) is 2.36. The summed E-state index contributed by atoms with van der Waals surface area (Å²) >= 11 is 0. The first-order valence-corrected chi connectivity index (χ1v) is 4.98. The first kappa shape index (κ1) is 12.1. The summed E-state index contributed by atoms with van der Waals surface area (Å²) in [7, 11) is 1.67. The first-order chi connectivity index (χ1) is 7.81. The van der Waals surface area contributed by atoms with Gasteiger partial charge in [0.25, 0.3) is 6.47 Å². The zero-order chi connectivity index (χ0) is 11.8. The molecular formula is C12H15NO3. The van der Waals surface area contributed by atoms with Crippen molar-refractivity contribution in [3.63, 3.8) is 0 Å². The highest BCUT2D eigenvalue weighted by Gasteiger charge is 1.94. The second-order valence-corrected chi connectivity index (χ2v) is 2.98. The summed E-state index contributed by atoms with van der Waals surface area (Å²) in [4.78, 5) is 12.3.